The van der Waals surface area contributed by atoms with Gasteiger partial charge < -0.3 is 10.2 Å². The number of benzene rings is 2. The van der Waals surface area contributed by atoms with E-state index in [2.05, 4.69) is 21.2 Å². The summed E-state index contributed by atoms with van der Waals surface area (Å²) >= 11 is 9.25. The Kier molecular flexibility index (Phi) is 9.77. The van der Waals surface area contributed by atoms with E-state index in [0.29, 0.717) is 0 Å². The number of rotatable bonds is 9. The Bertz CT molecular complexity index is 1190. The minimum absolute atomic E-state index is 0.0557. The molecule has 1 fully saturated rings. The number of hydrogen-bond donors (Lipinski definition) is 1. The smallest absolute Gasteiger partial charge is 0.244 e. The van der Waals surface area contributed by atoms with Gasteiger partial charge in [0.1, 0.15) is 18.4 Å². The van der Waals surface area contributed by atoms with Crippen molar-refractivity contribution in [2.75, 3.05) is 17.1 Å². The predicted molar refractivity (Wildman–Crippen MR) is 143 cm³/mol. The first-order valence-corrected chi connectivity index (χ1v) is 14.7. The van der Waals surface area contributed by atoms with Crippen LogP contribution in [0.5, 0.6) is 0 Å². The van der Waals surface area contributed by atoms with Gasteiger partial charge in [-0.3, -0.25) is 13.9 Å². The van der Waals surface area contributed by atoms with Gasteiger partial charge >= 0.3 is 0 Å². The monoisotopic (exact) mass is 601 g/mol. The SMILES string of the molecule is C[C@H](C(=O)NC1CCCCC1)N(Cc1ccc(Br)cc1)C(=O)CN(c1ccc(F)c(Cl)c1)S(C)(=O)=O. The number of nitrogens with zero attached hydrogens (tertiary/aromatic N) is 2. The third kappa shape index (κ3) is 7.66. The summed E-state index contributed by atoms with van der Waals surface area (Å²) in [5, 5.41) is 2.78. The van der Waals surface area contributed by atoms with Gasteiger partial charge in [-0.1, -0.05) is 58.9 Å². The van der Waals surface area contributed by atoms with Crippen molar-refractivity contribution in [3.8, 4) is 0 Å². The number of halogens is 3. The fraction of sp³-hybridized carbons (Fsp3) is 0.440. The van der Waals surface area contributed by atoms with Crippen molar-refractivity contribution in [2.45, 2.75) is 57.7 Å². The van der Waals surface area contributed by atoms with Gasteiger partial charge in [0, 0.05) is 17.1 Å². The van der Waals surface area contributed by atoms with Crippen LogP contribution in [0.15, 0.2) is 46.9 Å². The third-order valence-electron chi connectivity index (χ3n) is 6.26. The normalized spacial score (nSPS) is 15.2. The van der Waals surface area contributed by atoms with Crippen molar-refractivity contribution in [3.05, 3.63) is 63.3 Å². The molecule has 1 saturated carbocycles. The van der Waals surface area contributed by atoms with Gasteiger partial charge in [0.2, 0.25) is 21.8 Å². The molecule has 0 radical (unpaired) electrons. The molecule has 3 rings (SSSR count). The summed E-state index contributed by atoms with van der Waals surface area (Å²) in [6, 6.07) is 9.96. The highest BCUT2D eigenvalue weighted by atomic mass is 79.9. The summed E-state index contributed by atoms with van der Waals surface area (Å²) in [4.78, 5) is 28.1. The van der Waals surface area contributed by atoms with Crippen LogP contribution in [0.4, 0.5) is 10.1 Å². The lowest BCUT2D eigenvalue weighted by atomic mass is 9.95. The second-order valence-corrected chi connectivity index (χ2v) is 12.3. The highest BCUT2D eigenvalue weighted by Crippen LogP contribution is 2.25. The average molecular weight is 603 g/mol. The molecule has 0 saturated heterocycles. The lowest BCUT2D eigenvalue weighted by molar-refractivity contribution is -0.139. The number of hydrogen-bond acceptors (Lipinski definition) is 4. The zero-order chi connectivity index (χ0) is 26.5. The molecule has 1 N–H and O–H groups in total. The highest BCUT2D eigenvalue weighted by Gasteiger charge is 2.31. The van der Waals surface area contributed by atoms with Gasteiger partial charge in [-0.2, -0.15) is 0 Å². The fourth-order valence-corrected chi connectivity index (χ4v) is 5.47. The number of amides is 2. The maximum atomic E-state index is 13.7. The van der Waals surface area contributed by atoms with Gasteiger partial charge in [0.25, 0.3) is 0 Å². The van der Waals surface area contributed by atoms with Crippen LogP contribution in [-0.4, -0.2) is 50.0 Å². The Morgan fingerprint density at radius 2 is 1.78 bits per heavy atom. The molecule has 0 heterocycles. The summed E-state index contributed by atoms with van der Waals surface area (Å²) in [7, 11) is -3.93. The fourth-order valence-electron chi connectivity index (χ4n) is 4.19. The Labute approximate surface area is 225 Å². The van der Waals surface area contributed by atoms with E-state index in [4.69, 9.17) is 11.6 Å². The molecule has 2 aromatic carbocycles. The zero-order valence-electron chi connectivity index (χ0n) is 20.2. The molecule has 7 nitrogen and oxygen atoms in total. The van der Waals surface area contributed by atoms with Crippen LogP contribution in [0.1, 0.15) is 44.6 Å². The van der Waals surface area contributed by atoms with Crippen molar-refractivity contribution >= 4 is 55.1 Å². The number of carbonyl (C=O) groups is 2. The van der Waals surface area contributed by atoms with Crippen molar-refractivity contribution in [1.82, 2.24) is 10.2 Å². The predicted octanol–water partition coefficient (Wildman–Crippen LogP) is 4.87. The minimum Gasteiger partial charge on any atom is -0.352 e. The second-order valence-electron chi connectivity index (χ2n) is 9.04. The molecular formula is C25H30BrClFN3O4S. The largest absolute Gasteiger partial charge is 0.352 e. The molecular weight excluding hydrogens is 573 g/mol. The second kappa shape index (κ2) is 12.4. The molecule has 2 aromatic rings. The zero-order valence-corrected chi connectivity index (χ0v) is 23.4. The Hall–Kier alpha value is -2.17. The summed E-state index contributed by atoms with van der Waals surface area (Å²) in [5.74, 6) is -1.57. The average Bonchev–Trinajstić information content (AvgIpc) is 2.83. The van der Waals surface area contributed by atoms with E-state index < -0.39 is 34.3 Å². The highest BCUT2D eigenvalue weighted by molar-refractivity contribution is 9.10. The molecule has 196 valence electrons. The van der Waals surface area contributed by atoms with Crippen LogP contribution < -0.4 is 9.62 Å². The molecule has 11 heteroatoms. The van der Waals surface area contributed by atoms with Crippen molar-refractivity contribution in [1.29, 1.82) is 0 Å². The van der Waals surface area contributed by atoms with E-state index in [1.54, 1.807) is 6.92 Å². The molecule has 36 heavy (non-hydrogen) atoms. The van der Waals surface area contributed by atoms with E-state index in [1.165, 1.54) is 11.0 Å². The lowest BCUT2D eigenvalue weighted by Crippen LogP contribution is -2.52. The molecule has 1 aliphatic rings. The third-order valence-corrected chi connectivity index (χ3v) is 8.21. The van der Waals surface area contributed by atoms with Crippen LogP contribution in [0, 0.1) is 5.82 Å². The van der Waals surface area contributed by atoms with Crippen LogP contribution in [0.2, 0.25) is 5.02 Å². The quantitative estimate of drug-likeness (QED) is 0.444. The van der Waals surface area contributed by atoms with E-state index in [0.717, 1.165) is 64.8 Å². The summed E-state index contributed by atoms with van der Waals surface area (Å²) in [6.07, 6.45) is 5.98. The first kappa shape index (κ1) is 28.4. The van der Waals surface area contributed by atoms with Crippen LogP contribution >= 0.6 is 27.5 Å². The number of sulfonamides is 1. The van der Waals surface area contributed by atoms with Gasteiger partial charge in [-0.25, -0.2) is 12.8 Å². The van der Waals surface area contributed by atoms with Crippen molar-refractivity contribution in [2.24, 2.45) is 0 Å². The molecule has 1 aliphatic carbocycles. The minimum atomic E-state index is -3.93. The van der Waals surface area contributed by atoms with Crippen LogP contribution in [-0.2, 0) is 26.2 Å². The maximum absolute atomic E-state index is 13.7. The van der Waals surface area contributed by atoms with Gasteiger partial charge in [0.05, 0.1) is 17.0 Å². The van der Waals surface area contributed by atoms with E-state index in [-0.39, 0.29) is 29.2 Å². The van der Waals surface area contributed by atoms with Crippen LogP contribution in [0.25, 0.3) is 0 Å². The van der Waals surface area contributed by atoms with Crippen molar-refractivity contribution in [3.63, 3.8) is 0 Å². The molecule has 0 spiro atoms. The summed E-state index contributed by atoms with van der Waals surface area (Å²) < 4.78 is 40.6. The standard InChI is InChI=1S/C25H30BrClFN3O4S/c1-17(25(33)29-20-6-4-3-5-7-20)30(15-18-8-10-19(26)11-9-18)24(32)16-31(36(2,34)35)21-12-13-23(28)22(27)14-21/h8-14,17,20H,3-7,15-16H2,1-2H3,(H,29,33)/t17-/m1/s1. The first-order valence-electron chi connectivity index (χ1n) is 11.7. The van der Waals surface area contributed by atoms with Crippen molar-refractivity contribution < 1.29 is 22.4 Å². The van der Waals surface area contributed by atoms with Gasteiger partial charge in [-0.05, 0) is 55.7 Å². The lowest BCUT2D eigenvalue weighted by Gasteiger charge is -2.33. The number of carbonyl (C=O) groups excluding carboxylic acids is 2. The van der Waals surface area contributed by atoms with E-state index >= 15 is 0 Å². The molecule has 0 aromatic heterocycles. The molecule has 2 amide bonds. The first-order chi connectivity index (χ1) is 17.0. The summed E-state index contributed by atoms with van der Waals surface area (Å²) in [6.45, 7) is 1.17. The Morgan fingerprint density at radius 3 is 2.36 bits per heavy atom. The molecule has 0 aliphatic heterocycles. The Morgan fingerprint density at radius 1 is 1.14 bits per heavy atom. The molecule has 0 unspecified atom stereocenters. The van der Waals surface area contributed by atoms with Gasteiger partial charge in [0.15, 0.2) is 0 Å². The number of anilines is 1. The van der Waals surface area contributed by atoms with Crippen LogP contribution in [0.3, 0.4) is 0 Å². The van der Waals surface area contributed by atoms with Gasteiger partial charge in [-0.15, -0.1) is 0 Å². The van der Waals surface area contributed by atoms with E-state index in [9.17, 15) is 22.4 Å². The Balaban J connectivity index is 1.87. The summed E-state index contributed by atoms with van der Waals surface area (Å²) in [5.41, 5.74) is 0.833. The maximum Gasteiger partial charge on any atom is 0.244 e. The topological polar surface area (TPSA) is 86.8 Å². The molecule has 0 bridgehead atoms. The number of nitrogens with one attached hydrogen (secondary N) is 1. The van der Waals surface area contributed by atoms with E-state index in [1.807, 2.05) is 24.3 Å². The molecule has 1 atom stereocenters.